The first-order chi connectivity index (χ1) is 6.68. The summed E-state index contributed by atoms with van der Waals surface area (Å²) < 4.78 is 5.75. The second-order valence-corrected chi connectivity index (χ2v) is 5.36. The van der Waals surface area contributed by atoms with E-state index < -0.39 is 0 Å². The Morgan fingerprint density at radius 3 is 2.86 bits per heavy atom. The van der Waals surface area contributed by atoms with Crippen molar-refractivity contribution in [2.45, 2.75) is 57.6 Å². The highest BCUT2D eigenvalue weighted by molar-refractivity contribution is 4.85. The molecule has 0 bridgehead atoms. The van der Waals surface area contributed by atoms with E-state index in [1.807, 2.05) is 0 Å². The molecule has 1 saturated carbocycles. The van der Waals surface area contributed by atoms with Gasteiger partial charge in [-0.1, -0.05) is 12.8 Å². The normalized spacial score (nSPS) is 34.7. The summed E-state index contributed by atoms with van der Waals surface area (Å²) in [5, 5.41) is 3.61. The average molecular weight is 197 g/mol. The molecule has 14 heavy (non-hydrogen) atoms. The molecule has 2 fully saturated rings. The number of hydrogen-bond donors (Lipinski definition) is 1. The Bertz CT molecular complexity index is 183. The van der Waals surface area contributed by atoms with Crippen molar-refractivity contribution in [2.24, 2.45) is 5.92 Å². The zero-order valence-corrected chi connectivity index (χ0v) is 9.51. The Morgan fingerprint density at radius 2 is 2.29 bits per heavy atom. The maximum Gasteiger partial charge on any atom is 0.0779 e. The standard InChI is InChI=1S/C12H23NO/c1-10(8-11-4-5-11)13-9-12(2)6-3-7-14-12/h10-11,13H,3-9H2,1-2H3. The summed E-state index contributed by atoms with van der Waals surface area (Å²) >= 11 is 0. The third-order valence-corrected chi connectivity index (χ3v) is 3.51. The van der Waals surface area contributed by atoms with Crippen LogP contribution < -0.4 is 5.32 Å². The Balaban J connectivity index is 1.64. The van der Waals surface area contributed by atoms with Gasteiger partial charge < -0.3 is 10.1 Å². The minimum atomic E-state index is 0.123. The molecule has 1 saturated heterocycles. The smallest absolute Gasteiger partial charge is 0.0779 e. The lowest BCUT2D eigenvalue weighted by molar-refractivity contribution is 0.0188. The number of nitrogens with one attached hydrogen (secondary N) is 1. The lowest BCUT2D eigenvalue weighted by Crippen LogP contribution is -2.41. The number of ether oxygens (including phenoxy) is 1. The molecule has 1 aliphatic heterocycles. The van der Waals surface area contributed by atoms with Crippen LogP contribution in [-0.4, -0.2) is 24.8 Å². The molecular formula is C12H23NO. The van der Waals surface area contributed by atoms with Crippen LogP contribution in [0.4, 0.5) is 0 Å². The van der Waals surface area contributed by atoms with Gasteiger partial charge >= 0.3 is 0 Å². The van der Waals surface area contributed by atoms with Gasteiger partial charge in [0.15, 0.2) is 0 Å². The fourth-order valence-electron chi connectivity index (χ4n) is 2.30. The van der Waals surface area contributed by atoms with Gasteiger partial charge in [-0.05, 0) is 39.0 Å². The van der Waals surface area contributed by atoms with Gasteiger partial charge in [-0.25, -0.2) is 0 Å². The maximum atomic E-state index is 5.75. The molecule has 0 spiro atoms. The quantitative estimate of drug-likeness (QED) is 0.730. The van der Waals surface area contributed by atoms with Crippen LogP contribution in [0.15, 0.2) is 0 Å². The van der Waals surface area contributed by atoms with Crippen molar-refractivity contribution >= 4 is 0 Å². The van der Waals surface area contributed by atoms with Gasteiger partial charge in [0.2, 0.25) is 0 Å². The SMILES string of the molecule is CC(CC1CC1)NCC1(C)CCCO1. The minimum absolute atomic E-state index is 0.123. The van der Waals surface area contributed by atoms with E-state index in [4.69, 9.17) is 4.74 Å². The van der Waals surface area contributed by atoms with Crippen molar-refractivity contribution in [3.63, 3.8) is 0 Å². The molecule has 82 valence electrons. The zero-order chi connectivity index (χ0) is 10.0. The van der Waals surface area contributed by atoms with E-state index in [1.165, 1.54) is 32.1 Å². The summed E-state index contributed by atoms with van der Waals surface area (Å²) in [6.07, 6.45) is 6.72. The molecule has 0 aromatic carbocycles. The number of rotatable bonds is 5. The van der Waals surface area contributed by atoms with E-state index in [9.17, 15) is 0 Å². The Kier molecular flexibility index (Phi) is 3.13. The molecule has 0 aromatic heterocycles. The summed E-state index contributed by atoms with van der Waals surface area (Å²) in [6, 6.07) is 0.670. The zero-order valence-electron chi connectivity index (χ0n) is 9.51. The molecule has 2 atom stereocenters. The molecule has 0 aromatic rings. The number of hydrogen-bond acceptors (Lipinski definition) is 2. The van der Waals surface area contributed by atoms with Gasteiger partial charge in [0.05, 0.1) is 5.60 Å². The van der Waals surface area contributed by atoms with E-state index in [1.54, 1.807) is 0 Å². The predicted octanol–water partition coefficient (Wildman–Crippen LogP) is 2.33. The van der Waals surface area contributed by atoms with E-state index in [0.29, 0.717) is 6.04 Å². The maximum absolute atomic E-state index is 5.75. The lowest BCUT2D eigenvalue weighted by Gasteiger charge is -2.26. The van der Waals surface area contributed by atoms with E-state index in [0.717, 1.165) is 19.1 Å². The van der Waals surface area contributed by atoms with Gasteiger partial charge in [-0.3, -0.25) is 0 Å². The fraction of sp³-hybridized carbons (Fsp3) is 1.00. The molecule has 0 radical (unpaired) electrons. The highest BCUT2D eigenvalue weighted by Gasteiger charge is 2.30. The van der Waals surface area contributed by atoms with Crippen molar-refractivity contribution < 1.29 is 4.74 Å². The Morgan fingerprint density at radius 1 is 1.50 bits per heavy atom. The highest BCUT2D eigenvalue weighted by Crippen LogP contribution is 2.33. The topological polar surface area (TPSA) is 21.3 Å². The van der Waals surface area contributed by atoms with Gasteiger partial charge in [-0.2, -0.15) is 0 Å². The molecular weight excluding hydrogens is 174 g/mol. The minimum Gasteiger partial charge on any atom is -0.374 e. The molecule has 2 rings (SSSR count). The predicted molar refractivity (Wildman–Crippen MR) is 58.4 cm³/mol. The van der Waals surface area contributed by atoms with Crippen LogP contribution in [0.3, 0.4) is 0 Å². The summed E-state index contributed by atoms with van der Waals surface area (Å²) in [4.78, 5) is 0. The van der Waals surface area contributed by atoms with E-state index >= 15 is 0 Å². The van der Waals surface area contributed by atoms with Crippen molar-refractivity contribution in [3.8, 4) is 0 Å². The molecule has 2 heteroatoms. The summed E-state index contributed by atoms with van der Waals surface area (Å²) in [6.45, 7) is 6.52. The van der Waals surface area contributed by atoms with Crippen LogP contribution in [0.25, 0.3) is 0 Å². The lowest BCUT2D eigenvalue weighted by atomic mass is 10.0. The molecule has 0 amide bonds. The van der Waals surface area contributed by atoms with Crippen LogP contribution in [0.2, 0.25) is 0 Å². The molecule has 1 N–H and O–H groups in total. The van der Waals surface area contributed by atoms with Gasteiger partial charge in [-0.15, -0.1) is 0 Å². The van der Waals surface area contributed by atoms with Gasteiger partial charge in [0.1, 0.15) is 0 Å². The van der Waals surface area contributed by atoms with Gasteiger partial charge in [0.25, 0.3) is 0 Å². The third-order valence-electron chi connectivity index (χ3n) is 3.51. The largest absolute Gasteiger partial charge is 0.374 e. The summed E-state index contributed by atoms with van der Waals surface area (Å²) in [5.74, 6) is 1.02. The van der Waals surface area contributed by atoms with Gasteiger partial charge in [0, 0.05) is 19.2 Å². The van der Waals surface area contributed by atoms with Crippen LogP contribution in [0.1, 0.15) is 46.0 Å². The second kappa shape index (κ2) is 4.19. The summed E-state index contributed by atoms with van der Waals surface area (Å²) in [7, 11) is 0. The van der Waals surface area contributed by atoms with Crippen molar-refractivity contribution in [1.29, 1.82) is 0 Å². The second-order valence-electron chi connectivity index (χ2n) is 5.36. The Hall–Kier alpha value is -0.0800. The fourth-order valence-corrected chi connectivity index (χ4v) is 2.30. The van der Waals surface area contributed by atoms with Crippen LogP contribution >= 0.6 is 0 Å². The van der Waals surface area contributed by atoms with Crippen molar-refractivity contribution in [1.82, 2.24) is 5.32 Å². The van der Waals surface area contributed by atoms with Crippen molar-refractivity contribution in [3.05, 3.63) is 0 Å². The first-order valence-corrected chi connectivity index (χ1v) is 6.05. The molecule has 2 nitrogen and oxygen atoms in total. The Labute approximate surface area is 87.4 Å². The third kappa shape index (κ3) is 2.96. The molecule has 1 aliphatic carbocycles. The van der Waals surface area contributed by atoms with E-state index in [-0.39, 0.29) is 5.60 Å². The first-order valence-electron chi connectivity index (χ1n) is 6.05. The summed E-state index contributed by atoms with van der Waals surface area (Å²) in [5.41, 5.74) is 0.123. The van der Waals surface area contributed by atoms with Crippen molar-refractivity contribution in [2.75, 3.05) is 13.2 Å². The molecule has 1 heterocycles. The highest BCUT2D eigenvalue weighted by atomic mass is 16.5. The van der Waals surface area contributed by atoms with Crippen LogP contribution in [-0.2, 0) is 4.74 Å². The van der Waals surface area contributed by atoms with E-state index in [2.05, 4.69) is 19.2 Å². The molecule has 2 aliphatic rings. The molecule has 2 unspecified atom stereocenters. The van der Waals surface area contributed by atoms with Crippen LogP contribution in [0, 0.1) is 5.92 Å². The van der Waals surface area contributed by atoms with Crippen LogP contribution in [0.5, 0.6) is 0 Å². The average Bonchev–Trinajstić information content (AvgIpc) is 2.85. The monoisotopic (exact) mass is 197 g/mol. The first kappa shape index (κ1) is 10.4.